The molecule has 0 saturated carbocycles. The minimum absolute atomic E-state index is 0.112. The van der Waals surface area contributed by atoms with Gasteiger partial charge in [0.2, 0.25) is 0 Å². The number of esters is 1. The minimum atomic E-state index is -0.227. The van der Waals surface area contributed by atoms with Gasteiger partial charge in [0.1, 0.15) is 0 Å². The Hall–Kier alpha value is -1.95. The van der Waals surface area contributed by atoms with Crippen LogP contribution in [0.25, 0.3) is 0 Å². The Bertz CT molecular complexity index is 460. The van der Waals surface area contributed by atoms with Crippen LogP contribution in [0.5, 0.6) is 0 Å². The van der Waals surface area contributed by atoms with Gasteiger partial charge in [0.15, 0.2) is 5.11 Å². The van der Waals surface area contributed by atoms with Crippen molar-refractivity contribution in [1.82, 2.24) is 5.43 Å². The van der Waals surface area contributed by atoms with Gasteiger partial charge in [-0.2, -0.15) is 5.10 Å². The quantitative estimate of drug-likeness (QED) is 0.358. The summed E-state index contributed by atoms with van der Waals surface area (Å²) in [7, 11) is 1.38. The largest absolute Gasteiger partial charge is 0.469 e. The normalized spacial score (nSPS) is 10.9. The van der Waals surface area contributed by atoms with Crippen LogP contribution in [0.4, 0.5) is 0 Å². The van der Waals surface area contributed by atoms with E-state index in [0.717, 1.165) is 11.3 Å². The lowest BCUT2D eigenvalue weighted by molar-refractivity contribution is -0.140. The van der Waals surface area contributed by atoms with Gasteiger partial charge in [-0.3, -0.25) is 10.2 Å². The van der Waals surface area contributed by atoms with Crippen molar-refractivity contribution in [1.29, 1.82) is 0 Å². The van der Waals surface area contributed by atoms with Gasteiger partial charge >= 0.3 is 5.97 Å². The van der Waals surface area contributed by atoms with Crippen LogP contribution in [0, 0.1) is 0 Å². The van der Waals surface area contributed by atoms with Crippen LogP contribution in [0.15, 0.2) is 35.4 Å². The first-order valence-electron chi connectivity index (χ1n) is 5.87. The van der Waals surface area contributed by atoms with Gasteiger partial charge in [-0.15, -0.1) is 0 Å². The molecule has 0 aromatic heterocycles. The van der Waals surface area contributed by atoms with Crippen LogP contribution in [0.1, 0.15) is 24.8 Å². The molecule has 19 heavy (non-hydrogen) atoms. The molecule has 0 fully saturated rings. The number of nitrogens with two attached hydrogens (primary N) is 1. The van der Waals surface area contributed by atoms with Gasteiger partial charge in [0.25, 0.3) is 0 Å². The highest BCUT2D eigenvalue weighted by Gasteiger charge is 2.06. The van der Waals surface area contributed by atoms with E-state index in [-0.39, 0.29) is 11.1 Å². The number of nitrogens with one attached hydrogen (secondary N) is 1. The smallest absolute Gasteiger partial charge is 0.305 e. The zero-order valence-corrected chi connectivity index (χ0v) is 11.6. The van der Waals surface area contributed by atoms with E-state index in [9.17, 15) is 4.79 Å². The number of carbonyl (C=O) groups excluding carboxylic acids is 1. The molecule has 0 aliphatic carbocycles. The Balaban J connectivity index is 2.68. The summed E-state index contributed by atoms with van der Waals surface area (Å²) in [5.74, 6) is -0.227. The second kappa shape index (κ2) is 8.20. The van der Waals surface area contributed by atoms with Crippen LogP contribution in [0.3, 0.4) is 0 Å². The fraction of sp³-hybridized carbons (Fsp3) is 0.308. The van der Waals surface area contributed by atoms with Gasteiger partial charge in [0, 0.05) is 6.42 Å². The van der Waals surface area contributed by atoms with Crippen molar-refractivity contribution in [3.63, 3.8) is 0 Å². The number of nitrogens with zero attached hydrogens (tertiary/aromatic N) is 1. The van der Waals surface area contributed by atoms with Gasteiger partial charge < -0.3 is 10.5 Å². The average Bonchev–Trinajstić information content (AvgIpc) is 2.43. The average molecular weight is 279 g/mol. The lowest BCUT2D eigenvalue weighted by Crippen LogP contribution is -2.25. The summed E-state index contributed by atoms with van der Waals surface area (Å²) in [6, 6.07) is 9.66. The molecule has 0 atom stereocenters. The Labute approximate surface area is 117 Å². The first kappa shape index (κ1) is 15.1. The summed E-state index contributed by atoms with van der Waals surface area (Å²) in [5, 5.41) is 4.28. The molecule has 0 saturated heterocycles. The SMILES string of the molecule is COC(=O)CCCC(=NNC(N)=S)c1ccccc1. The van der Waals surface area contributed by atoms with Gasteiger partial charge in [-0.25, -0.2) is 0 Å². The number of rotatable bonds is 6. The number of hydrogen-bond acceptors (Lipinski definition) is 4. The van der Waals surface area contributed by atoms with E-state index in [0.29, 0.717) is 19.3 Å². The number of carbonyl (C=O) groups is 1. The summed E-state index contributed by atoms with van der Waals surface area (Å²) in [6.45, 7) is 0. The molecule has 102 valence electrons. The first-order chi connectivity index (χ1) is 9.13. The van der Waals surface area contributed by atoms with Crippen molar-refractivity contribution in [2.75, 3.05) is 7.11 Å². The topological polar surface area (TPSA) is 76.7 Å². The van der Waals surface area contributed by atoms with Crippen molar-refractivity contribution in [2.45, 2.75) is 19.3 Å². The lowest BCUT2D eigenvalue weighted by Gasteiger charge is -2.07. The second-order valence-corrected chi connectivity index (χ2v) is 4.27. The zero-order valence-electron chi connectivity index (χ0n) is 10.8. The monoisotopic (exact) mass is 279 g/mol. The fourth-order valence-corrected chi connectivity index (χ4v) is 1.57. The van der Waals surface area contributed by atoms with Crippen LogP contribution < -0.4 is 11.2 Å². The van der Waals surface area contributed by atoms with Crippen LogP contribution in [-0.2, 0) is 9.53 Å². The molecule has 0 spiro atoms. The fourth-order valence-electron chi connectivity index (χ4n) is 1.52. The number of hydrogen-bond donors (Lipinski definition) is 2. The molecule has 5 nitrogen and oxygen atoms in total. The molecule has 0 heterocycles. The van der Waals surface area contributed by atoms with E-state index in [2.05, 4.69) is 15.3 Å². The predicted molar refractivity (Wildman–Crippen MR) is 78.8 cm³/mol. The first-order valence-corrected chi connectivity index (χ1v) is 6.28. The van der Waals surface area contributed by atoms with E-state index >= 15 is 0 Å². The van der Waals surface area contributed by atoms with E-state index in [1.54, 1.807) is 0 Å². The van der Waals surface area contributed by atoms with Crippen LogP contribution in [0.2, 0.25) is 0 Å². The molecular weight excluding hydrogens is 262 g/mol. The lowest BCUT2D eigenvalue weighted by atomic mass is 10.0. The molecule has 1 aromatic carbocycles. The molecule has 0 aliphatic rings. The third-order valence-corrected chi connectivity index (χ3v) is 2.52. The molecule has 1 aromatic rings. The molecule has 6 heteroatoms. The Morgan fingerprint density at radius 3 is 2.63 bits per heavy atom. The number of thiocarbonyl (C=S) groups is 1. The number of ether oxygens (including phenoxy) is 1. The number of benzene rings is 1. The summed E-state index contributed by atoms with van der Waals surface area (Å²) in [6.07, 6.45) is 1.64. The molecule has 0 unspecified atom stereocenters. The highest BCUT2D eigenvalue weighted by atomic mass is 32.1. The summed E-state index contributed by atoms with van der Waals surface area (Å²) >= 11 is 4.72. The maximum atomic E-state index is 11.1. The Kier molecular flexibility index (Phi) is 6.52. The maximum absolute atomic E-state index is 11.1. The maximum Gasteiger partial charge on any atom is 0.305 e. The molecule has 0 amide bonds. The number of methoxy groups -OCH3 is 1. The zero-order chi connectivity index (χ0) is 14.1. The third kappa shape index (κ3) is 5.96. The standard InChI is InChI=1S/C13H17N3O2S/c1-18-12(17)9-5-8-11(15-16-13(14)19)10-6-3-2-4-7-10/h2-4,6-7H,5,8-9H2,1H3,(H3,14,16,19). The Morgan fingerprint density at radius 1 is 1.37 bits per heavy atom. The molecule has 3 N–H and O–H groups in total. The van der Waals surface area contributed by atoms with Gasteiger partial charge in [-0.05, 0) is 30.6 Å². The van der Waals surface area contributed by atoms with E-state index in [4.69, 9.17) is 18.0 Å². The van der Waals surface area contributed by atoms with Crippen LogP contribution in [-0.4, -0.2) is 23.9 Å². The van der Waals surface area contributed by atoms with Crippen LogP contribution >= 0.6 is 12.2 Å². The molecule has 0 bridgehead atoms. The summed E-state index contributed by atoms with van der Waals surface area (Å²) in [5.41, 5.74) is 9.71. The third-order valence-electron chi connectivity index (χ3n) is 2.43. The van der Waals surface area contributed by atoms with Crippen molar-refractivity contribution < 1.29 is 9.53 Å². The predicted octanol–water partition coefficient (Wildman–Crippen LogP) is 1.57. The molecular formula is C13H17N3O2S. The van der Waals surface area contributed by atoms with Gasteiger partial charge in [-0.1, -0.05) is 30.3 Å². The molecule has 1 rings (SSSR count). The molecule has 0 aliphatic heterocycles. The summed E-state index contributed by atoms with van der Waals surface area (Å²) < 4.78 is 4.60. The molecule has 0 radical (unpaired) electrons. The van der Waals surface area contributed by atoms with Crippen molar-refractivity contribution in [3.05, 3.63) is 35.9 Å². The van der Waals surface area contributed by atoms with Crippen molar-refractivity contribution in [2.24, 2.45) is 10.8 Å². The summed E-state index contributed by atoms with van der Waals surface area (Å²) in [4.78, 5) is 11.1. The van der Waals surface area contributed by atoms with Crippen molar-refractivity contribution in [3.8, 4) is 0 Å². The second-order valence-electron chi connectivity index (χ2n) is 3.83. The highest BCUT2D eigenvalue weighted by molar-refractivity contribution is 7.80. The van der Waals surface area contributed by atoms with E-state index in [1.807, 2.05) is 30.3 Å². The minimum Gasteiger partial charge on any atom is -0.469 e. The highest BCUT2D eigenvalue weighted by Crippen LogP contribution is 2.08. The van der Waals surface area contributed by atoms with Crippen molar-refractivity contribution >= 4 is 29.0 Å². The van der Waals surface area contributed by atoms with Gasteiger partial charge in [0.05, 0.1) is 12.8 Å². The van der Waals surface area contributed by atoms with E-state index in [1.165, 1.54) is 7.11 Å². The number of hydrazone groups is 1. The Morgan fingerprint density at radius 2 is 2.05 bits per heavy atom. The van der Waals surface area contributed by atoms with E-state index < -0.39 is 0 Å².